The molecule has 34 heteroatoms. The minimum absolute atomic E-state index is 0. The second-order valence-electron chi connectivity index (χ2n) is 17.2. The van der Waals surface area contributed by atoms with Crippen molar-refractivity contribution in [3.63, 3.8) is 0 Å². The number of epoxide rings is 1. The van der Waals surface area contributed by atoms with Crippen molar-refractivity contribution in [3.8, 4) is 23.0 Å². The monoisotopic (exact) mass is 3450 g/mol. The van der Waals surface area contributed by atoms with Crippen LogP contribution in [-0.2, 0) is 43.5 Å². The summed E-state index contributed by atoms with van der Waals surface area (Å²) in [5.41, 5.74) is 14.6. The number of carbonyl (C=O) groups is 2. The van der Waals surface area contributed by atoms with Crippen LogP contribution in [0.1, 0.15) is 54.1 Å². The van der Waals surface area contributed by atoms with Gasteiger partial charge in [0, 0.05) is 61.5 Å². The van der Waals surface area contributed by atoms with Crippen molar-refractivity contribution in [2.75, 3.05) is 54.7 Å². The Bertz CT molecular complexity index is 2710. The maximum Gasteiger partial charge on any atom is 0.261 e. The second kappa shape index (κ2) is 48.4. The maximum absolute atomic E-state index is 11.8. The van der Waals surface area contributed by atoms with Crippen LogP contribution in [0, 0.1) is 0 Å². The second-order valence-corrected chi connectivity index (χ2v) is 391. The van der Waals surface area contributed by atoms with Gasteiger partial charge in [0.2, 0.25) is 0 Å². The number of methoxy groups -OCH3 is 4. The van der Waals surface area contributed by atoms with E-state index < -0.39 is 6.10 Å². The van der Waals surface area contributed by atoms with E-state index in [1.165, 1.54) is 27.2 Å². The molecule has 5 aromatic carbocycles. The molecule has 0 radical (unpaired) electrons. The fraction of sp³-hybridized carbons (Fsp3) is 0.360. The summed E-state index contributed by atoms with van der Waals surface area (Å²) >= 11 is 32.3. The third-order valence-electron chi connectivity index (χ3n) is 12.4. The van der Waals surface area contributed by atoms with Crippen LogP contribution < -0.4 is 56.5 Å². The van der Waals surface area contributed by atoms with Gasteiger partial charge in [-0.15, -0.1) is 0 Å². The van der Waals surface area contributed by atoms with Gasteiger partial charge in [0.15, 0.2) is 0 Å². The first-order valence-corrected chi connectivity index (χ1v) is 137. The van der Waals surface area contributed by atoms with Gasteiger partial charge in [-0.3, -0.25) is 19.4 Å². The average Bonchev–Trinajstić information content (AvgIpc) is 4.00. The predicted molar refractivity (Wildman–Crippen MR) is 511 cm³/mol. The molecule has 9 rings (SSSR count). The fourth-order valence-corrected chi connectivity index (χ4v) is 1680. The molecule has 5 aromatic rings. The Balaban J connectivity index is 0.000000288. The summed E-state index contributed by atoms with van der Waals surface area (Å²) in [4.78, 5) is 27.2. The number of aliphatic hydroxyl groups excluding tert-OH is 1. The van der Waals surface area contributed by atoms with E-state index in [1.807, 2.05) is 30.3 Å². The minimum Gasteiger partial charge on any atom is -0.371 e. The Kier molecular flexibility index (Phi) is 50.6. The Labute approximate surface area is 660 Å². The van der Waals surface area contributed by atoms with Crippen LogP contribution in [0.5, 0.6) is 23.0 Å². The summed E-state index contributed by atoms with van der Waals surface area (Å²) < 4.78 is 26.5. The molecule has 2 aliphatic heterocycles. The number of nitrogens with two attached hydrogens (primary N) is 1. The van der Waals surface area contributed by atoms with Crippen LogP contribution in [0.25, 0.3) is 0 Å². The van der Waals surface area contributed by atoms with Gasteiger partial charge in [0.1, 0.15) is 23.0 Å². The van der Waals surface area contributed by atoms with Crippen molar-refractivity contribution in [2.24, 2.45) is 5.73 Å². The topological polar surface area (TPSA) is 148 Å². The van der Waals surface area contributed by atoms with E-state index in [4.69, 9.17) is 29.4 Å². The maximum atomic E-state index is 11.8. The zero-order valence-electron chi connectivity index (χ0n) is 44.6. The number of rotatable bonds is 22. The van der Waals surface area contributed by atoms with E-state index in [0.717, 1.165) is 66.4 Å². The Morgan fingerprint density at radius 3 is 1.48 bits per heavy atom. The Hall–Kier alpha value is 9.54. The molecular weight excluding hydrogens is 3390 g/mol. The number of carbonyl (C=O) groups excluding carboxylic acids is 2. The number of ether oxygens (including phenoxy) is 5. The van der Waals surface area contributed by atoms with Gasteiger partial charge in [0.25, 0.3) is 11.8 Å². The van der Waals surface area contributed by atoms with Crippen LogP contribution in [0.15, 0.2) is 109 Å². The summed E-state index contributed by atoms with van der Waals surface area (Å²) in [5.74, 6) is 2.86. The summed E-state index contributed by atoms with van der Waals surface area (Å²) in [5, 5.41) is 13.8. The first kappa shape index (κ1) is 87.8. The summed E-state index contributed by atoms with van der Waals surface area (Å²) in [6.45, 7) is 3.34. The molecule has 1 fully saturated rings. The van der Waals surface area contributed by atoms with Crippen LogP contribution >= 0.6 is 287 Å². The number of fused-ring (bicyclic) bond motifs is 3. The SMILES string of the molecule is COc1ccc(CN(C[C@@H](O)CN)C2Cc3ccccc3C2)c(OC)c1.COc1ccc(CNC2Cc3ccccc3C2)c(OC)c1.I[I-]I(I)I(I)I(I)I.I[I-]I(I)I(I)I(I)I(I)I.O=C1c2ccccc2C(=O)N1C[C@H]1CO1.S.S. The van der Waals surface area contributed by atoms with Gasteiger partial charge in [-0.2, -0.15) is 27.0 Å². The van der Waals surface area contributed by atoms with Gasteiger partial charge >= 0.3 is 287 Å². The standard InChI is InChI=1S/C21H28N2O3.C18H21NO2.C11H9NO3.I11.I9.2H2S/c1-25-20-8-7-17(21(11-20)26-2)13-23(14-19(24)12-22)18-9-15-5-3-4-6-16(15)10-18;1-20-17-8-7-15(18(11-17)21-2)12-19-16-9-13-5-3-4-6-14(13)10-16;13-10-8-3-1-2-4-9(8)11(14)12(10)5-7-6-15-7;1-7-9(4)11(6)10(5)8(2)3;1-6-8(4)9(5)7(2)3;;/h3-8,11,18-19,24H,9-10,12-14,22H2,1-2H3;3-8,11,16,19H,9-10,12H2,1-2H3;1-4,7H,5-6H2;;;2*1H2/q;;;2*-1;;/t19-;;7-;;;;/m0.0..../s1. The molecule has 2 amide bonds. The number of halogens is 20. The van der Waals surface area contributed by atoms with E-state index in [2.05, 4.69) is 270 Å². The summed E-state index contributed by atoms with van der Waals surface area (Å²) in [6.07, 6.45) is 3.71. The quantitative estimate of drug-likeness (QED) is 0.0345. The number of amides is 2. The largest absolute Gasteiger partial charge is 0.371 e. The number of imide groups is 1. The molecule has 0 bridgehead atoms. The number of nitrogens with one attached hydrogen (secondary N) is 1. The van der Waals surface area contributed by atoms with Crippen LogP contribution in [-0.4, -0.2) is 106 Å². The van der Waals surface area contributed by atoms with Crippen molar-refractivity contribution < 1.29 is 64.9 Å². The third kappa shape index (κ3) is 29.9. The molecule has 0 unspecified atom stereocenters. The van der Waals surface area contributed by atoms with Gasteiger partial charge < -0.3 is 39.8 Å². The molecule has 12 nitrogen and oxygen atoms in total. The van der Waals surface area contributed by atoms with Crippen molar-refractivity contribution in [1.82, 2.24) is 15.1 Å². The first-order chi connectivity index (χ1) is 39.3. The Morgan fingerprint density at radius 2 is 1.07 bits per heavy atom. The van der Waals surface area contributed by atoms with E-state index in [9.17, 15) is 14.7 Å². The molecule has 2 aliphatic carbocycles. The van der Waals surface area contributed by atoms with Crippen molar-refractivity contribution in [2.45, 2.75) is 63.1 Å². The van der Waals surface area contributed by atoms with Crippen LogP contribution in [0.3, 0.4) is 0 Å². The third-order valence-corrected chi connectivity index (χ3v) is 1000. The molecule has 2 heterocycles. The molecule has 0 saturated carbocycles. The fourth-order valence-electron chi connectivity index (χ4n) is 8.54. The molecule has 4 aliphatic rings. The number of hydrogen-bond acceptors (Lipinski definition) is 11. The average molecular weight is 3450 g/mol. The number of aliphatic hydroxyl groups is 1. The van der Waals surface area contributed by atoms with Crippen LogP contribution in [0.2, 0.25) is 0 Å². The normalized spacial score (nSPS) is 16.1. The minimum atomic E-state index is -0.539. The molecule has 0 spiro atoms. The smallest absolute Gasteiger partial charge is 0.261 e. The van der Waals surface area contributed by atoms with Gasteiger partial charge in [-0.25, -0.2) is 0 Å². The molecule has 1 saturated heterocycles. The number of nitrogens with zero attached hydrogens (tertiary/aromatic N) is 2. The van der Waals surface area contributed by atoms with E-state index >= 15 is 0 Å². The Morgan fingerprint density at radius 1 is 0.643 bits per heavy atom. The molecule has 484 valence electrons. The zero-order valence-corrected chi connectivity index (χ0v) is 89.8. The molecule has 0 aromatic heterocycles. The van der Waals surface area contributed by atoms with Crippen molar-refractivity contribution in [1.29, 1.82) is 0 Å². The van der Waals surface area contributed by atoms with E-state index in [1.54, 1.807) is 52.7 Å². The van der Waals surface area contributed by atoms with Gasteiger partial charge in [-0.05, 0) is 72.2 Å². The molecule has 84 heavy (non-hydrogen) atoms. The van der Waals surface area contributed by atoms with E-state index in [0.29, 0.717) is 76.0 Å². The first-order valence-electron chi connectivity index (χ1n) is 23.8. The van der Waals surface area contributed by atoms with Crippen molar-refractivity contribution in [3.05, 3.63) is 154 Å². The zero-order chi connectivity index (χ0) is 60.0. The van der Waals surface area contributed by atoms with Crippen molar-refractivity contribution >= 4 is 299 Å². The van der Waals surface area contributed by atoms with Gasteiger partial charge in [-0.1, -0.05) is 72.8 Å². The summed E-state index contributed by atoms with van der Waals surface area (Å²) in [7, 11) is 4.73. The van der Waals surface area contributed by atoms with Crippen LogP contribution in [0.4, 0.5) is 0 Å². The number of benzene rings is 5. The summed E-state index contributed by atoms with van der Waals surface area (Å²) in [6, 6.07) is 36.9. The predicted octanol–water partition coefficient (Wildman–Crippen LogP) is 15.8. The molecular formula is C50H62I20N4O8S2-2. The number of hydrogen-bond donors (Lipinski definition) is 3. The molecule has 4 N–H and O–H groups in total. The van der Waals surface area contributed by atoms with E-state index in [-0.39, 0.29) is 107 Å². The molecule has 2 atom stereocenters. The van der Waals surface area contributed by atoms with Gasteiger partial charge in [0.05, 0.1) is 64.9 Å².